The molecular weight excluding hydrogens is 334 g/mol. The highest BCUT2D eigenvalue weighted by atomic mass is 16.6. The van der Waals surface area contributed by atoms with Crippen LogP contribution >= 0.6 is 0 Å². The molecule has 0 saturated heterocycles. The fraction of sp³-hybridized carbons (Fsp3) is 0.708. The van der Waals surface area contributed by atoms with Crippen LogP contribution in [0.15, 0.2) is 36.0 Å². The lowest BCUT2D eigenvalue weighted by Gasteiger charge is -2.25. The molecule has 0 aliphatic carbocycles. The predicted molar refractivity (Wildman–Crippen MR) is 120 cm³/mol. The number of nitrogens with one attached hydrogen (secondary N) is 1. The molecule has 0 radical (unpaired) electrons. The van der Waals surface area contributed by atoms with Gasteiger partial charge >= 0.3 is 5.97 Å². The zero-order chi connectivity index (χ0) is 21.5. The van der Waals surface area contributed by atoms with Crippen LogP contribution in [0.1, 0.15) is 94.4 Å². The summed E-state index contributed by atoms with van der Waals surface area (Å²) in [6.45, 7) is 23.5. The molecule has 0 aromatic heterocycles. The zero-order valence-corrected chi connectivity index (χ0v) is 19.5. The molecular formula is C24H45NO2. The number of rotatable bonds is 10. The minimum atomic E-state index is -0.470. The van der Waals surface area contributed by atoms with E-state index in [-0.39, 0.29) is 5.97 Å². The van der Waals surface area contributed by atoms with Gasteiger partial charge in [-0.3, -0.25) is 0 Å². The zero-order valence-electron chi connectivity index (χ0n) is 19.5. The first-order valence-corrected chi connectivity index (χ1v) is 10.4. The quantitative estimate of drug-likeness (QED) is 0.259. The molecule has 0 amide bonds. The molecule has 0 unspecified atom stereocenters. The fourth-order valence-corrected chi connectivity index (χ4v) is 2.39. The van der Waals surface area contributed by atoms with Gasteiger partial charge in [0.05, 0.1) is 5.57 Å². The minimum absolute atomic E-state index is 0.352. The van der Waals surface area contributed by atoms with E-state index in [1.165, 1.54) is 24.8 Å². The van der Waals surface area contributed by atoms with Gasteiger partial charge in [0.2, 0.25) is 0 Å². The van der Waals surface area contributed by atoms with Crippen molar-refractivity contribution >= 4 is 5.97 Å². The lowest BCUT2D eigenvalue weighted by atomic mass is 9.99. The van der Waals surface area contributed by atoms with E-state index in [0.717, 1.165) is 19.4 Å². The van der Waals surface area contributed by atoms with E-state index >= 15 is 0 Å². The SMILES string of the molecule is C=C(/C=C\C=C(\C)CCC)C(=O)OC(C)(C)C.CCCNC(C)(C)CCC. The van der Waals surface area contributed by atoms with Gasteiger partial charge in [0.15, 0.2) is 0 Å². The second-order valence-corrected chi connectivity index (χ2v) is 8.71. The van der Waals surface area contributed by atoms with Crippen molar-refractivity contribution in [3.05, 3.63) is 36.0 Å². The molecule has 0 aliphatic heterocycles. The van der Waals surface area contributed by atoms with Crippen LogP contribution in [0.2, 0.25) is 0 Å². The second-order valence-electron chi connectivity index (χ2n) is 8.71. The summed E-state index contributed by atoms with van der Waals surface area (Å²) in [7, 11) is 0. The normalized spacial score (nSPS) is 12.6. The van der Waals surface area contributed by atoms with Crippen molar-refractivity contribution in [2.24, 2.45) is 0 Å². The van der Waals surface area contributed by atoms with E-state index < -0.39 is 5.60 Å². The van der Waals surface area contributed by atoms with Crippen molar-refractivity contribution in [3.63, 3.8) is 0 Å². The van der Waals surface area contributed by atoms with Crippen molar-refractivity contribution in [2.75, 3.05) is 6.54 Å². The van der Waals surface area contributed by atoms with Gasteiger partial charge in [-0.25, -0.2) is 4.79 Å². The highest BCUT2D eigenvalue weighted by Crippen LogP contribution is 2.11. The van der Waals surface area contributed by atoms with Gasteiger partial charge in [0.1, 0.15) is 5.60 Å². The van der Waals surface area contributed by atoms with Crippen LogP contribution in [0, 0.1) is 0 Å². The van der Waals surface area contributed by atoms with Crippen molar-refractivity contribution in [3.8, 4) is 0 Å². The Hall–Kier alpha value is -1.35. The van der Waals surface area contributed by atoms with Gasteiger partial charge in [0, 0.05) is 5.54 Å². The lowest BCUT2D eigenvalue weighted by Crippen LogP contribution is -2.39. The molecule has 0 rings (SSSR count). The van der Waals surface area contributed by atoms with E-state index in [9.17, 15) is 4.79 Å². The standard InChI is InChI=1S/C15H24O2.C9H21N/c1-7-9-12(2)10-8-11-13(3)14(16)17-15(4,5)6;1-5-7-9(3,4)10-8-6-2/h8,10-11H,3,7,9H2,1-2,4-6H3;10H,5-8H2,1-4H3/b11-8-,12-10-;. The maximum atomic E-state index is 11.6. The lowest BCUT2D eigenvalue weighted by molar-refractivity contribution is -0.149. The van der Waals surface area contributed by atoms with Gasteiger partial charge in [-0.05, 0) is 73.4 Å². The predicted octanol–water partition coefficient (Wildman–Crippen LogP) is 6.75. The maximum absolute atomic E-state index is 11.6. The molecule has 0 saturated carbocycles. The summed E-state index contributed by atoms with van der Waals surface area (Å²) < 4.78 is 5.19. The first-order valence-electron chi connectivity index (χ1n) is 10.4. The number of esters is 1. The Balaban J connectivity index is 0. The molecule has 0 spiro atoms. The van der Waals surface area contributed by atoms with Gasteiger partial charge < -0.3 is 10.1 Å². The number of hydrogen-bond donors (Lipinski definition) is 1. The van der Waals surface area contributed by atoms with E-state index in [2.05, 4.69) is 53.4 Å². The molecule has 0 aromatic rings. The maximum Gasteiger partial charge on any atom is 0.338 e. The first kappa shape index (κ1) is 27.9. The van der Waals surface area contributed by atoms with Crippen LogP contribution in [0.3, 0.4) is 0 Å². The molecule has 27 heavy (non-hydrogen) atoms. The smallest absolute Gasteiger partial charge is 0.338 e. The number of carbonyl (C=O) groups excluding carboxylic acids is 1. The Bertz CT molecular complexity index is 479. The van der Waals surface area contributed by atoms with Crippen LogP contribution in [-0.4, -0.2) is 23.7 Å². The van der Waals surface area contributed by atoms with Crippen LogP contribution in [0.4, 0.5) is 0 Å². The summed E-state index contributed by atoms with van der Waals surface area (Å²) in [5.74, 6) is -0.365. The third-order valence-corrected chi connectivity index (χ3v) is 3.71. The molecule has 0 fully saturated rings. The largest absolute Gasteiger partial charge is 0.456 e. The van der Waals surface area contributed by atoms with Gasteiger partial charge in [-0.1, -0.05) is 57.9 Å². The third kappa shape index (κ3) is 19.2. The molecule has 0 bridgehead atoms. The van der Waals surface area contributed by atoms with Crippen molar-refractivity contribution in [2.45, 2.75) is 106 Å². The molecule has 3 heteroatoms. The Morgan fingerprint density at radius 1 is 1.04 bits per heavy atom. The Morgan fingerprint density at radius 2 is 1.63 bits per heavy atom. The van der Waals surface area contributed by atoms with Crippen molar-refractivity contribution < 1.29 is 9.53 Å². The molecule has 0 atom stereocenters. The highest BCUT2D eigenvalue weighted by Gasteiger charge is 2.17. The third-order valence-electron chi connectivity index (χ3n) is 3.71. The van der Waals surface area contributed by atoms with E-state index in [1.807, 2.05) is 32.9 Å². The molecule has 0 heterocycles. The summed E-state index contributed by atoms with van der Waals surface area (Å²) >= 11 is 0. The fourth-order valence-electron chi connectivity index (χ4n) is 2.39. The van der Waals surface area contributed by atoms with E-state index in [0.29, 0.717) is 11.1 Å². The molecule has 158 valence electrons. The summed E-state index contributed by atoms with van der Waals surface area (Å²) in [4.78, 5) is 11.6. The number of hydrogen-bond acceptors (Lipinski definition) is 3. The molecule has 0 aliphatic rings. The van der Waals surface area contributed by atoms with E-state index in [1.54, 1.807) is 6.08 Å². The minimum Gasteiger partial charge on any atom is -0.456 e. The Kier molecular flexibility index (Phi) is 15.1. The topological polar surface area (TPSA) is 38.3 Å². The van der Waals surface area contributed by atoms with Crippen molar-refractivity contribution in [1.29, 1.82) is 0 Å². The van der Waals surface area contributed by atoms with Gasteiger partial charge in [-0.2, -0.15) is 0 Å². The number of ether oxygens (including phenoxy) is 1. The summed E-state index contributed by atoms with van der Waals surface area (Å²) in [5, 5.41) is 3.51. The molecule has 0 aromatic carbocycles. The van der Waals surface area contributed by atoms with Gasteiger partial charge in [-0.15, -0.1) is 0 Å². The van der Waals surface area contributed by atoms with Crippen LogP contribution < -0.4 is 5.32 Å². The van der Waals surface area contributed by atoms with Crippen molar-refractivity contribution in [1.82, 2.24) is 5.32 Å². The van der Waals surface area contributed by atoms with Crippen LogP contribution in [-0.2, 0) is 9.53 Å². The van der Waals surface area contributed by atoms with Crippen LogP contribution in [0.25, 0.3) is 0 Å². The molecule has 3 nitrogen and oxygen atoms in total. The van der Waals surface area contributed by atoms with E-state index in [4.69, 9.17) is 4.74 Å². The first-order chi connectivity index (χ1) is 12.4. The van der Waals surface area contributed by atoms with Gasteiger partial charge in [0.25, 0.3) is 0 Å². The summed E-state index contributed by atoms with van der Waals surface area (Å²) in [5.41, 5.74) is 1.55. The molecule has 1 N–H and O–H groups in total. The monoisotopic (exact) mass is 379 g/mol. The summed E-state index contributed by atoms with van der Waals surface area (Å²) in [6.07, 6.45) is 11.5. The van der Waals surface area contributed by atoms with Crippen LogP contribution in [0.5, 0.6) is 0 Å². The second kappa shape index (κ2) is 14.7. The average Bonchev–Trinajstić information content (AvgIpc) is 2.52. The highest BCUT2D eigenvalue weighted by molar-refractivity contribution is 5.91. The number of carbonyl (C=O) groups is 1. The average molecular weight is 380 g/mol. The Labute approximate surface area is 169 Å². The Morgan fingerprint density at radius 3 is 2.07 bits per heavy atom. The summed E-state index contributed by atoms with van der Waals surface area (Å²) in [6, 6.07) is 0. The number of allylic oxidation sites excluding steroid dienone is 3.